The van der Waals surface area contributed by atoms with E-state index in [1.807, 2.05) is 18.3 Å². The first-order chi connectivity index (χ1) is 8.69. The highest BCUT2D eigenvalue weighted by Gasteiger charge is 2.02. The Kier molecular flexibility index (Phi) is 4.78. The topological polar surface area (TPSA) is 24.9 Å². The average molecular weight is 370 g/mol. The minimum atomic E-state index is 0.738. The van der Waals surface area contributed by atoms with Crippen molar-refractivity contribution in [3.8, 4) is 0 Å². The van der Waals surface area contributed by atoms with Crippen LogP contribution in [0.2, 0.25) is 0 Å². The fourth-order valence-electron chi connectivity index (χ4n) is 1.72. The fraction of sp³-hybridized carbons (Fsp3) is 0.214. The Labute approximate surface area is 124 Å². The number of aryl methyl sites for hydroxylation is 1. The summed E-state index contributed by atoms with van der Waals surface area (Å²) in [6.07, 6.45) is 2.83. The maximum absolute atomic E-state index is 4.35. The summed E-state index contributed by atoms with van der Waals surface area (Å²) in [5.74, 6) is 0. The lowest BCUT2D eigenvalue weighted by atomic mass is 10.1. The lowest BCUT2D eigenvalue weighted by molar-refractivity contribution is 1.03. The van der Waals surface area contributed by atoms with Gasteiger partial charge in [0.1, 0.15) is 0 Å². The molecule has 18 heavy (non-hydrogen) atoms. The summed E-state index contributed by atoms with van der Waals surface area (Å²) in [5.41, 5.74) is 3.51. The summed E-state index contributed by atoms with van der Waals surface area (Å²) in [5, 5.41) is 3.43. The van der Waals surface area contributed by atoms with E-state index in [1.54, 1.807) is 0 Å². The maximum atomic E-state index is 4.35. The van der Waals surface area contributed by atoms with E-state index in [4.69, 9.17) is 0 Å². The second-order valence-electron chi connectivity index (χ2n) is 3.98. The van der Waals surface area contributed by atoms with Gasteiger partial charge in [0.2, 0.25) is 0 Å². The number of nitrogens with zero attached hydrogens (tertiary/aromatic N) is 1. The molecule has 2 aromatic rings. The molecule has 0 amide bonds. The minimum absolute atomic E-state index is 0.738. The van der Waals surface area contributed by atoms with Crippen LogP contribution >= 0.6 is 31.9 Å². The molecule has 0 radical (unpaired) electrons. The largest absolute Gasteiger partial charge is 0.379 e. The third-order valence-corrected chi connectivity index (χ3v) is 3.66. The number of halogens is 2. The summed E-state index contributed by atoms with van der Waals surface area (Å²) < 4.78 is 2.12. The minimum Gasteiger partial charge on any atom is -0.379 e. The molecule has 4 heteroatoms. The van der Waals surface area contributed by atoms with E-state index < -0.39 is 0 Å². The van der Waals surface area contributed by atoms with E-state index in [-0.39, 0.29) is 0 Å². The van der Waals surface area contributed by atoms with Crippen LogP contribution in [0.5, 0.6) is 0 Å². The lowest BCUT2D eigenvalue weighted by Gasteiger charge is -2.11. The van der Waals surface area contributed by atoms with Gasteiger partial charge in [0.25, 0.3) is 0 Å². The van der Waals surface area contributed by atoms with Crippen LogP contribution in [0.15, 0.2) is 45.5 Å². The van der Waals surface area contributed by atoms with Gasteiger partial charge in [-0.05, 0) is 58.2 Å². The maximum Gasteiger partial charge on any atom is 0.0595 e. The van der Waals surface area contributed by atoms with Gasteiger partial charge in [-0.15, -0.1) is 0 Å². The molecule has 0 saturated carbocycles. The summed E-state index contributed by atoms with van der Waals surface area (Å²) in [7, 11) is 0. The van der Waals surface area contributed by atoms with Gasteiger partial charge in [-0.1, -0.05) is 22.9 Å². The highest BCUT2D eigenvalue weighted by Crippen LogP contribution is 2.22. The van der Waals surface area contributed by atoms with Crippen LogP contribution in [-0.2, 0) is 13.0 Å². The van der Waals surface area contributed by atoms with Crippen molar-refractivity contribution in [1.29, 1.82) is 0 Å². The normalized spacial score (nSPS) is 10.4. The molecule has 0 bridgehead atoms. The highest BCUT2D eigenvalue weighted by atomic mass is 79.9. The number of benzene rings is 1. The number of aromatic nitrogens is 1. The van der Waals surface area contributed by atoms with E-state index in [9.17, 15) is 0 Å². The second kappa shape index (κ2) is 6.34. The molecule has 0 fully saturated rings. The summed E-state index contributed by atoms with van der Waals surface area (Å²) in [6.45, 7) is 2.90. The number of rotatable bonds is 4. The Morgan fingerprint density at radius 2 is 1.89 bits per heavy atom. The molecule has 0 unspecified atom stereocenters. The van der Waals surface area contributed by atoms with Crippen molar-refractivity contribution in [3.05, 3.63) is 56.7 Å². The number of anilines is 1. The average Bonchev–Trinajstić information content (AvgIpc) is 2.39. The number of hydrogen-bond donors (Lipinski definition) is 1. The summed E-state index contributed by atoms with van der Waals surface area (Å²) in [4.78, 5) is 4.35. The molecule has 1 N–H and O–H groups in total. The Balaban J connectivity index is 2.08. The molecule has 0 atom stereocenters. The van der Waals surface area contributed by atoms with Crippen LogP contribution in [-0.4, -0.2) is 4.98 Å². The Hall–Kier alpha value is -0.870. The molecule has 94 valence electrons. The van der Waals surface area contributed by atoms with Crippen molar-refractivity contribution in [2.75, 3.05) is 5.32 Å². The number of nitrogens with one attached hydrogen (secondary N) is 1. The van der Waals surface area contributed by atoms with Crippen LogP contribution in [0.3, 0.4) is 0 Å². The zero-order valence-corrected chi connectivity index (χ0v) is 13.3. The van der Waals surface area contributed by atoms with Crippen molar-refractivity contribution in [2.45, 2.75) is 19.9 Å². The van der Waals surface area contributed by atoms with Gasteiger partial charge in [-0.25, -0.2) is 0 Å². The van der Waals surface area contributed by atoms with E-state index in [1.165, 1.54) is 11.3 Å². The van der Waals surface area contributed by atoms with Gasteiger partial charge < -0.3 is 5.32 Å². The standard InChI is InChI=1S/C14H14Br2N2/c1-2-10-7-11(15)4-6-14(10)18-9-13-5-3-12(16)8-17-13/h3-8,18H,2,9H2,1H3. The molecule has 0 aliphatic heterocycles. The van der Waals surface area contributed by atoms with Gasteiger partial charge in [0.15, 0.2) is 0 Å². The number of pyridine rings is 1. The van der Waals surface area contributed by atoms with Crippen LogP contribution in [0.25, 0.3) is 0 Å². The second-order valence-corrected chi connectivity index (χ2v) is 5.81. The molecular formula is C14H14Br2N2. The zero-order valence-electron chi connectivity index (χ0n) is 10.1. The van der Waals surface area contributed by atoms with Gasteiger partial charge in [0.05, 0.1) is 12.2 Å². The van der Waals surface area contributed by atoms with Gasteiger partial charge in [-0.3, -0.25) is 4.98 Å². The van der Waals surface area contributed by atoms with Crippen LogP contribution in [0.4, 0.5) is 5.69 Å². The molecule has 1 heterocycles. The van der Waals surface area contributed by atoms with Crippen molar-refractivity contribution in [1.82, 2.24) is 4.98 Å². The van der Waals surface area contributed by atoms with Gasteiger partial charge >= 0.3 is 0 Å². The van der Waals surface area contributed by atoms with Gasteiger partial charge in [0, 0.05) is 20.8 Å². The first-order valence-corrected chi connectivity index (χ1v) is 7.40. The molecule has 2 rings (SSSR count). The predicted molar refractivity (Wildman–Crippen MR) is 82.8 cm³/mol. The zero-order chi connectivity index (χ0) is 13.0. The quantitative estimate of drug-likeness (QED) is 0.838. The SMILES string of the molecule is CCc1cc(Br)ccc1NCc1ccc(Br)cn1. The van der Waals surface area contributed by atoms with E-state index in [0.717, 1.165) is 27.6 Å². The van der Waals surface area contributed by atoms with Crippen LogP contribution in [0.1, 0.15) is 18.2 Å². The van der Waals surface area contributed by atoms with Gasteiger partial charge in [-0.2, -0.15) is 0 Å². The van der Waals surface area contributed by atoms with Crippen molar-refractivity contribution in [3.63, 3.8) is 0 Å². The molecule has 0 saturated heterocycles. The molecular weight excluding hydrogens is 356 g/mol. The molecule has 0 spiro atoms. The molecule has 0 aliphatic rings. The summed E-state index contributed by atoms with van der Waals surface area (Å²) >= 11 is 6.88. The smallest absolute Gasteiger partial charge is 0.0595 e. The third kappa shape index (κ3) is 3.56. The van der Waals surface area contributed by atoms with E-state index in [2.05, 4.69) is 67.3 Å². The molecule has 2 nitrogen and oxygen atoms in total. The monoisotopic (exact) mass is 368 g/mol. The molecule has 0 aliphatic carbocycles. The lowest BCUT2D eigenvalue weighted by Crippen LogP contribution is -2.03. The Bertz CT molecular complexity index is 524. The van der Waals surface area contributed by atoms with E-state index >= 15 is 0 Å². The first kappa shape index (κ1) is 13.6. The summed E-state index contributed by atoms with van der Waals surface area (Å²) in [6, 6.07) is 10.3. The van der Waals surface area contributed by atoms with Crippen molar-refractivity contribution < 1.29 is 0 Å². The van der Waals surface area contributed by atoms with E-state index in [0.29, 0.717) is 0 Å². The Morgan fingerprint density at radius 1 is 1.11 bits per heavy atom. The third-order valence-electron chi connectivity index (χ3n) is 2.70. The highest BCUT2D eigenvalue weighted by molar-refractivity contribution is 9.10. The molecule has 1 aromatic carbocycles. The number of hydrogen-bond acceptors (Lipinski definition) is 2. The van der Waals surface area contributed by atoms with Crippen LogP contribution in [0, 0.1) is 0 Å². The Morgan fingerprint density at radius 3 is 2.56 bits per heavy atom. The van der Waals surface area contributed by atoms with Crippen molar-refractivity contribution >= 4 is 37.5 Å². The van der Waals surface area contributed by atoms with Crippen molar-refractivity contribution in [2.24, 2.45) is 0 Å². The van der Waals surface area contributed by atoms with Crippen LogP contribution < -0.4 is 5.32 Å². The molecule has 1 aromatic heterocycles. The predicted octanol–water partition coefficient (Wildman–Crippen LogP) is 4.78. The first-order valence-electron chi connectivity index (χ1n) is 5.81. The fourth-order valence-corrected chi connectivity index (χ4v) is 2.37.